The van der Waals surface area contributed by atoms with Crippen molar-refractivity contribution in [3.63, 3.8) is 0 Å². The van der Waals surface area contributed by atoms with Crippen LogP contribution in [0.4, 0.5) is 11.6 Å². The number of hydrogen-bond donors (Lipinski definition) is 2. The van der Waals surface area contributed by atoms with Crippen LogP contribution in [-0.2, 0) is 12.8 Å². The quantitative estimate of drug-likeness (QED) is 0.582. The second kappa shape index (κ2) is 7.67. The minimum absolute atomic E-state index is 0.173. The van der Waals surface area contributed by atoms with E-state index in [1.165, 1.54) is 0 Å². The minimum Gasteiger partial charge on any atom is -0.308 e. The number of nitrogens with two attached hydrogens (primary N) is 1. The topological polar surface area (TPSA) is 92.3 Å². The van der Waals surface area contributed by atoms with Crippen molar-refractivity contribution in [3.8, 4) is 0 Å². The molecule has 0 aliphatic carbocycles. The Bertz CT molecular complexity index is 734. The smallest absolute Gasteiger partial charge is 0.163 e. The molecule has 3 rings (SSSR count). The van der Waals surface area contributed by atoms with Crippen molar-refractivity contribution in [1.29, 1.82) is 0 Å². The van der Waals surface area contributed by atoms with Crippen LogP contribution in [0.25, 0.3) is 0 Å². The Morgan fingerprint density at radius 3 is 3.00 bits per heavy atom. The zero-order chi connectivity index (χ0) is 16.9. The maximum absolute atomic E-state index is 5.60. The summed E-state index contributed by atoms with van der Waals surface area (Å²) in [4.78, 5) is 13.2. The van der Waals surface area contributed by atoms with E-state index < -0.39 is 0 Å². The van der Waals surface area contributed by atoms with Gasteiger partial charge in [0, 0.05) is 30.8 Å². The number of hydrogen-bond acceptors (Lipinski definition) is 7. The van der Waals surface area contributed by atoms with Gasteiger partial charge in [0.2, 0.25) is 0 Å². The van der Waals surface area contributed by atoms with E-state index in [4.69, 9.17) is 5.84 Å². The van der Waals surface area contributed by atoms with Crippen LogP contribution in [0.1, 0.15) is 31.0 Å². The highest BCUT2D eigenvalue weighted by molar-refractivity contribution is 9.10. The number of halogens is 1. The number of anilines is 2. The van der Waals surface area contributed by atoms with Crippen LogP contribution in [0.15, 0.2) is 34.2 Å². The third kappa shape index (κ3) is 3.39. The fourth-order valence-electron chi connectivity index (χ4n) is 2.88. The Morgan fingerprint density at radius 2 is 2.25 bits per heavy atom. The fraction of sp³-hybridized carbons (Fsp3) is 0.375. The molecule has 1 unspecified atom stereocenters. The first-order chi connectivity index (χ1) is 11.7. The molecule has 0 aromatic carbocycles. The van der Waals surface area contributed by atoms with Gasteiger partial charge in [-0.1, -0.05) is 13.3 Å². The van der Waals surface area contributed by atoms with Crippen molar-refractivity contribution < 1.29 is 0 Å². The molecular weight excluding hydrogens is 370 g/mol. The molecule has 0 saturated carbocycles. The first kappa shape index (κ1) is 16.8. The predicted octanol–water partition coefficient (Wildman–Crippen LogP) is 2.68. The highest BCUT2D eigenvalue weighted by Crippen LogP contribution is 2.30. The van der Waals surface area contributed by atoms with E-state index in [0.29, 0.717) is 5.82 Å². The molecule has 3 heterocycles. The highest BCUT2D eigenvalue weighted by Gasteiger charge is 2.27. The van der Waals surface area contributed by atoms with Gasteiger partial charge in [-0.05, 0) is 34.5 Å². The van der Waals surface area contributed by atoms with Crippen LogP contribution >= 0.6 is 15.9 Å². The Morgan fingerprint density at radius 1 is 1.38 bits per heavy atom. The molecule has 0 spiro atoms. The van der Waals surface area contributed by atoms with Crippen LogP contribution < -0.4 is 16.3 Å². The molecule has 3 N–H and O–H groups in total. The molecule has 2 aromatic heterocycles. The summed E-state index contributed by atoms with van der Waals surface area (Å²) in [6, 6.07) is 4.04. The number of hydrazine groups is 1. The number of rotatable bonds is 6. The fourth-order valence-corrected chi connectivity index (χ4v) is 3.32. The van der Waals surface area contributed by atoms with E-state index in [-0.39, 0.29) is 6.04 Å². The zero-order valence-corrected chi connectivity index (χ0v) is 15.1. The third-order valence-corrected chi connectivity index (χ3v) is 4.60. The van der Waals surface area contributed by atoms with Crippen molar-refractivity contribution in [1.82, 2.24) is 15.0 Å². The average molecular weight is 390 g/mol. The van der Waals surface area contributed by atoms with Gasteiger partial charge in [-0.3, -0.25) is 0 Å². The molecular formula is C16H20BrN7. The summed E-state index contributed by atoms with van der Waals surface area (Å²) in [5, 5.41) is 6.45. The van der Waals surface area contributed by atoms with Crippen LogP contribution in [0.2, 0.25) is 0 Å². The molecule has 7 nitrogen and oxygen atoms in total. The van der Waals surface area contributed by atoms with Gasteiger partial charge in [-0.25, -0.2) is 25.8 Å². The summed E-state index contributed by atoms with van der Waals surface area (Å²) in [6.45, 7) is 2.13. The van der Waals surface area contributed by atoms with Crippen molar-refractivity contribution in [2.24, 2.45) is 10.9 Å². The van der Waals surface area contributed by atoms with Crippen LogP contribution in [0.3, 0.4) is 0 Å². The lowest BCUT2D eigenvalue weighted by Crippen LogP contribution is -2.30. The van der Waals surface area contributed by atoms with E-state index in [9.17, 15) is 0 Å². The number of nitrogen functional groups attached to an aromatic ring is 1. The standard InChI is InChI=1S/C16H20BrN7/c1-2-4-12-14(20-10-21-15(12)23-18)9-11-6-8-22-24(11)16-13(17)5-3-7-19-16/h3,5,7-8,10-11H,2,4,6,9,18H2,1H3,(H,20,21,23). The summed E-state index contributed by atoms with van der Waals surface area (Å²) >= 11 is 3.55. The van der Waals surface area contributed by atoms with Gasteiger partial charge in [-0.2, -0.15) is 5.10 Å². The van der Waals surface area contributed by atoms with Crippen molar-refractivity contribution in [2.75, 3.05) is 10.4 Å². The Balaban J connectivity index is 1.87. The first-order valence-corrected chi connectivity index (χ1v) is 8.75. The van der Waals surface area contributed by atoms with Crippen molar-refractivity contribution in [2.45, 2.75) is 38.6 Å². The lowest BCUT2D eigenvalue weighted by Gasteiger charge is -2.24. The Hall–Kier alpha value is -2.06. The molecule has 0 fully saturated rings. The molecule has 0 bridgehead atoms. The van der Waals surface area contributed by atoms with E-state index in [2.05, 4.69) is 48.3 Å². The molecule has 8 heteroatoms. The molecule has 1 aliphatic rings. The van der Waals surface area contributed by atoms with Crippen molar-refractivity contribution in [3.05, 3.63) is 40.4 Å². The van der Waals surface area contributed by atoms with E-state index in [1.54, 1.807) is 12.5 Å². The number of nitrogens with one attached hydrogen (secondary N) is 1. The molecule has 0 radical (unpaired) electrons. The van der Waals surface area contributed by atoms with Gasteiger partial charge < -0.3 is 5.43 Å². The van der Waals surface area contributed by atoms with Crippen LogP contribution in [-0.4, -0.2) is 27.2 Å². The predicted molar refractivity (Wildman–Crippen MR) is 98.9 cm³/mol. The minimum atomic E-state index is 0.173. The van der Waals surface area contributed by atoms with Crippen LogP contribution in [0.5, 0.6) is 0 Å². The van der Waals surface area contributed by atoms with Gasteiger partial charge in [0.05, 0.1) is 16.2 Å². The second-order valence-electron chi connectivity index (χ2n) is 5.59. The summed E-state index contributed by atoms with van der Waals surface area (Å²) in [5.74, 6) is 7.12. The van der Waals surface area contributed by atoms with E-state index in [0.717, 1.165) is 47.2 Å². The summed E-state index contributed by atoms with van der Waals surface area (Å²) in [5.41, 5.74) is 4.77. The largest absolute Gasteiger partial charge is 0.308 e. The lowest BCUT2D eigenvalue weighted by atomic mass is 10.0. The van der Waals surface area contributed by atoms with Gasteiger partial charge in [0.15, 0.2) is 5.82 Å². The Kier molecular flexibility index (Phi) is 5.37. The summed E-state index contributed by atoms with van der Waals surface area (Å²) in [6.07, 6.45) is 8.76. The molecule has 1 aliphatic heterocycles. The average Bonchev–Trinajstić information content (AvgIpc) is 3.05. The highest BCUT2D eigenvalue weighted by atomic mass is 79.9. The lowest BCUT2D eigenvalue weighted by molar-refractivity contribution is 0.633. The van der Waals surface area contributed by atoms with Gasteiger partial charge in [0.1, 0.15) is 12.1 Å². The van der Waals surface area contributed by atoms with E-state index >= 15 is 0 Å². The van der Waals surface area contributed by atoms with E-state index in [1.807, 2.05) is 23.4 Å². The van der Waals surface area contributed by atoms with Gasteiger partial charge in [-0.15, -0.1) is 0 Å². The molecule has 0 saturated heterocycles. The maximum Gasteiger partial charge on any atom is 0.163 e. The molecule has 2 aromatic rings. The number of aromatic nitrogens is 3. The van der Waals surface area contributed by atoms with Gasteiger partial charge in [0.25, 0.3) is 0 Å². The summed E-state index contributed by atoms with van der Waals surface area (Å²) in [7, 11) is 0. The second-order valence-corrected chi connectivity index (χ2v) is 6.44. The number of pyridine rings is 1. The van der Waals surface area contributed by atoms with Gasteiger partial charge >= 0.3 is 0 Å². The Labute approximate surface area is 149 Å². The van der Waals surface area contributed by atoms with Crippen LogP contribution in [0, 0.1) is 0 Å². The van der Waals surface area contributed by atoms with Crippen molar-refractivity contribution >= 4 is 33.8 Å². The molecule has 0 amide bonds. The molecule has 24 heavy (non-hydrogen) atoms. The monoisotopic (exact) mass is 389 g/mol. The zero-order valence-electron chi connectivity index (χ0n) is 13.5. The number of nitrogens with zero attached hydrogens (tertiary/aromatic N) is 5. The molecule has 126 valence electrons. The first-order valence-electron chi connectivity index (χ1n) is 7.96. The third-order valence-electron chi connectivity index (χ3n) is 3.99. The molecule has 1 atom stereocenters. The SMILES string of the molecule is CCCc1c(CC2CC=NN2c2ncccc2Br)ncnc1NN. The normalized spacial score (nSPS) is 16.6. The maximum atomic E-state index is 5.60. The number of hydrazone groups is 1. The summed E-state index contributed by atoms with van der Waals surface area (Å²) < 4.78 is 0.926.